The standard InChI is InChI=1S/C18H16F3N3O2S/c1-3-12-7-13-16(27-12)22-9-24(17(13)26)8-15(25)23-11-5-4-10(2)14(6-11)18(19,20)21/h4-7,9H,3,8H2,1-2H3,(H,23,25). The zero-order valence-electron chi connectivity index (χ0n) is 14.6. The fraction of sp³-hybridized carbons (Fsp3) is 0.278. The molecule has 0 saturated heterocycles. The van der Waals surface area contributed by atoms with Gasteiger partial charge >= 0.3 is 6.18 Å². The quantitative estimate of drug-likeness (QED) is 0.727. The summed E-state index contributed by atoms with van der Waals surface area (Å²) in [5, 5.41) is 2.83. The lowest BCUT2D eigenvalue weighted by Gasteiger charge is -2.13. The molecule has 3 rings (SSSR count). The van der Waals surface area contributed by atoms with Gasteiger partial charge in [0.05, 0.1) is 17.3 Å². The van der Waals surface area contributed by atoms with E-state index in [1.54, 1.807) is 6.07 Å². The number of nitrogens with zero attached hydrogens (tertiary/aromatic N) is 2. The van der Waals surface area contributed by atoms with Gasteiger partial charge in [-0.25, -0.2) is 4.98 Å². The Morgan fingerprint density at radius 1 is 1.30 bits per heavy atom. The summed E-state index contributed by atoms with van der Waals surface area (Å²) in [6, 6.07) is 5.30. The molecule has 1 amide bonds. The number of amides is 1. The van der Waals surface area contributed by atoms with Crippen molar-refractivity contribution in [2.24, 2.45) is 0 Å². The fourth-order valence-electron chi connectivity index (χ4n) is 2.66. The predicted octanol–water partition coefficient (Wildman–Crippen LogP) is 3.99. The van der Waals surface area contributed by atoms with Gasteiger partial charge in [-0.2, -0.15) is 13.2 Å². The molecule has 2 aromatic heterocycles. The number of hydrogen-bond donors (Lipinski definition) is 1. The van der Waals surface area contributed by atoms with Crippen LogP contribution in [0.3, 0.4) is 0 Å². The Bertz CT molecular complexity index is 1070. The number of carbonyl (C=O) groups excluding carboxylic acids is 1. The van der Waals surface area contributed by atoms with Crippen molar-refractivity contribution in [1.29, 1.82) is 0 Å². The van der Waals surface area contributed by atoms with Gasteiger partial charge in [-0.05, 0) is 37.1 Å². The second-order valence-corrected chi connectivity index (χ2v) is 7.15. The van der Waals surface area contributed by atoms with Crippen LogP contribution >= 0.6 is 11.3 Å². The molecule has 27 heavy (non-hydrogen) atoms. The molecule has 0 bridgehead atoms. The molecular weight excluding hydrogens is 379 g/mol. The largest absolute Gasteiger partial charge is 0.416 e. The SMILES string of the molecule is CCc1cc2c(=O)n(CC(=O)Nc3ccc(C)c(C(F)(F)F)c3)cnc2s1. The molecule has 3 aromatic rings. The summed E-state index contributed by atoms with van der Waals surface area (Å²) >= 11 is 1.42. The maximum atomic E-state index is 13.0. The van der Waals surface area contributed by atoms with E-state index in [1.807, 2.05) is 6.92 Å². The number of aryl methyl sites for hydroxylation is 2. The molecule has 1 aromatic carbocycles. The number of hydrogen-bond acceptors (Lipinski definition) is 4. The third-order valence-electron chi connectivity index (χ3n) is 4.06. The lowest BCUT2D eigenvalue weighted by Crippen LogP contribution is -2.27. The molecule has 0 saturated carbocycles. The van der Waals surface area contributed by atoms with Crippen LogP contribution in [0.1, 0.15) is 22.9 Å². The Balaban J connectivity index is 1.81. The van der Waals surface area contributed by atoms with Crippen molar-refractivity contribution in [3.8, 4) is 0 Å². The number of fused-ring (bicyclic) bond motifs is 1. The fourth-order valence-corrected chi connectivity index (χ4v) is 3.58. The normalized spacial score (nSPS) is 11.7. The summed E-state index contributed by atoms with van der Waals surface area (Å²) in [6.07, 6.45) is -2.46. The van der Waals surface area contributed by atoms with Gasteiger partial charge in [-0.3, -0.25) is 14.2 Å². The number of aromatic nitrogens is 2. The Morgan fingerprint density at radius 3 is 2.70 bits per heavy atom. The van der Waals surface area contributed by atoms with Gasteiger partial charge in [0.2, 0.25) is 5.91 Å². The highest BCUT2D eigenvalue weighted by atomic mass is 32.1. The van der Waals surface area contributed by atoms with Crippen LogP contribution in [-0.4, -0.2) is 15.5 Å². The second kappa shape index (κ2) is 7.15. The van der Waals surface area contributed by atoms with Gasteiger partial charge in [0.25, 0.3) is 5.56 Å². The van der Waals surface area contributed by atoms with Crippen molar-refractivity contribution in [2.45, 2.75) is 33.0 Å². The first-order valence-electron chi connectivity index (χ1n) is 8.14. The van der Waals surface area contributed by atoms with E-state index in [4.69, 9.17) is 0 Å². The molecule has 0 aliphatic rings. The monoisotopic (exact) mass is 395 g/mol. The van der Waals surface area contributed by atoms with Crippen LogP contribution in [-0.2, 0) is 23.9 Å². The smallest absolute Gasteiger partial charge is 0.325 e. The van der Waals surface area contributed by atoms with Crippen molar-refractivity contribution in [1.82, 2.24) is 9.55 Å². The first-order valence-corrected chi connectivity index (χ1v) is 8.96. The number of rotatable bonds is 4. The van der Waals surface area contributed by atoms with Crippen LogP contribution < -0.4 is 10.9 Å². The molecule has 9 heteroatoms. The molecule has 0 fully saturated rings. The lowest BCUT2D eigenvalue weighted by atomic mass is 10.1. The van der Waals surface area contributed by atoms with Crippen LogP contribution in [0.2, 0.25) is 0 Å². The summed E-state index contributed by atoms with van der Waals surface area (Å²) in [7, 11) is 0. The summed E-state index contributed by atoms with van der Waals surface area (Å²) in [5.74, 6) is -0.610. The number of alkyl halides is 3. The van der Waals surface area contributed by atoms with Gasteiger partial charge in [0.15, 0.2) is 0 Å². The molecular formula is C18H16F3N3O2S. The van der Waals surface area contributed by atoms with Gasteiger partial charge in [0, 0.05) is 10.6 Å². The average molecular weight is 395 g/mol. The summed E-state index contributed by atoms with van der Waals surface area (Å²) in [5.41, 5.74) is -1.09. The van der Waals surface area contributed by atoms with Gasteiger partial charge < -0.3 is 5.32 Å². The van der Waals surface area contributed by atoms with Crippen LogP contribution in [0.15, 0.2) is 35.4 Å². The van der Waals surface area contributed by atoms with Gasteiger partial charge in [-0.15, -0.1) is 11.3 Å². The summed E-state index contributed by atoms with van der Waals surface area (Å²) in [6.45, 7) is 2.97. The van der Waals surface area contributed by atoms with E-state index in [1.165, 1.54) is 36.7 Å². The van der Waals surface area contributed by atoms with Crippen molar-refractivity contribution in [2.75, 3.05) is 5.32 Å². The summed E-state index contributed by atoms with van der Waals surface area (Å²) in [4.78, 5) is 30.5. The lowest BCUT2D eigenvalue weighted by molar-refractivity contribution is -0.138. The van der Waals surface area contributed by atoms with Crippen LogP contribution in [0, 0.1) is 6.92 Å². The number of nitrogens with one attached hydrogen (secondary N) is 1. The molecule has 5 nitrogen and oxygen atoms in total. The predicted molar refractivity (Wildman–Crippen MR) is 98.1 cm³/mol. The van der Waals surface area contributed by atoms with Crippen LogP contribution in [0.25, 0.3) is 10.2 Å². The number of halogens is 3. The minimum Gasteiger partial charge on any atom is -0.325 e. The van der Waals surface area contributed by atoms with Crippen LogP contribution in [0.5, 0.6) is 0 Å². The molecule has 0 spiro atoms. The van der Waals surface area contributed by atoms with E-state index in [9.17, 15) is 22.8 Å². The number of carbonyl (C=O) groups is 1. The number of benzene rings is 1. The molecule has 1 N–H and O–H groups in total. The van der Waals surface area contributed by atoms with Crippen molar-refractivity contribution < 1.29 is 18.0 Å². The van der Waals surface area contributed by atoms with Crippen molar-refractivity contribution in [3.63, 3.8) is 0 Å². The van der Waals surface area contributed by atoms with E-state index in [0.717, 1.165) is 21.9 Å². The van der Waals surface area contributed by atoms with Crippen molar-refractivity contribution >= 4 is 33.1 Å². The Kier molecular flexibility index (Phi) is 5.05. The van der Waals surface area contributed by atoms with E-state index in [0.29, 0.717) is 10.2 Å². The second-order valence-electron chi connectivity index (χ2n) is 6.04. The molecule has 142 valence electrons. The van der Waals surface area contributed by atoms with Gasteiger partial charge in [-0.1, -0.05) is 13.0 Å². The first-order chi connectivity index (χ1) is 12.7. The molecule has 0 radical (unpaired) electrons. The molecule has 0 aliphatic carbocycles. The van der Waals surface area contributed by atoms with Gasteiger partial charge in [0.1, 0.15) is 11.4 Å². The Hall–Kier alpha value is -2.68. The van der Waals surface area contributed by atoms with Crippen molar-refractivity contribution in [3.05, 3.63) is 57.0 Å². The maximum absolute atomic E-state index is 13.0. The minimum absolute atomic E-state index is 0.0174. The Morgan fingerprint density at radius 2 is 2.04 bits per heavy atom. The zero-order valence-corrected chi connectivity index (χ0v) is 15.4. The van der Waals surface area contributed by atoms with E-state index in [2.05, 4.69) is 10.3 Å². The number of thiophene rings is 1. The van der Waals surface area contributed by atoms with E-state index < -0.39 is 17.6 Å². The average Bonchev–Trinajstić information content (AvgIpc) is 3.02. The minimum atomic E-state index is -4.51. The maximum Gasteiger partial charge on any atom is 0.416 e. The third-order valence-corrected chi connectivity index (χ3v) is 5.25. The zero-order chi connectivity index (χ0) is 19.8. The highest BCUT2D eigenvalue weighted by Crippen LogP contribution is 2.33. The first kappa shape index (κ1) is 19.1. The third kappa shape index (κ3) is 4.02. The van der Waals surface area contributed by atoms with E-state index >= 15 is 0 Å². The number of anilines is 1. The van der Waals surface area contributed by atoms with Crippen LogP contribution in [0.4, 0.5) is 18.9 Å². The molecule has 0 atom stereocenters. The highest BCUT2D eigenvalue weighted by molar-refractivity contribution is 7.18. The summed E-state index contributed by atoms with van der Waals surface area (Å²) < 4.78 is 40.1. The molecule has 2 heterocycles. The molecule has 0 aliphatic heterocycles. The van der Waals surface area contributed by atoms with E-state index in [-0.39, 0.29) is 23.4 Å². The topological polar surface area (TPSA) is 64.0 Å². The highest BCUT2D eigenvalue weighted by Gasteiger charge is 2.32. The Labute approximate surface area is 156 Å². The molecule has 0 unspecified atom stereocenters.